The summed E-state index contributed by atoms with van der Waals surface area (Å²) >= 11 is 0. The van der Waals surface area contributed by atoms with E-state index < -0.39 is 0 Å². The van der Waals surface area contributed by atoms with E-state index in [0.29, 0.717) is 31.9 Å². The number of nitrogen functional groups attached to an aromatic ring is 1. The number of nitrogens with two attached hydrogens (primary N) is 1. The van der Waals surface area contributed by atoms with Crippen LogP contribution in [0.2, 0.25) is 0 Å². The fourth-order valence-electron chi connectivity index (χ4n) is 1.55. The minimum Gasteiger partial charge on any atom is -0.396 e. The molecular formula is C12H20N4O2. The number of ether oxygens (including phenoxy) is 1. The van der Waals surface area contributed by atoms with Gasteiger partial charge in [-0.05, 0) is 6.92 Å². The van der Waals surface area contributed by atoms with E-state index in [1.54, 1.807) is 29.0 Å². The standard InChI is InChI=1S/C12H20N4O2/c1-4-6-15(7-8-18-3)12(17)11-10(13)9-16(5-2)14-11/h4,9H,1,5-8,13H2,2-3H3. The number of amides is 1. The van der Waals surface area contributed by atoms with Crippen molar-refractivity contribution in [3.05, 3.63) is 24.5 Å². The zero-order valence-electron chi connectivity index (χ0n) is 10.9. The highest BCUT2D eigenvalue weighted by molar-refractivity contribution is 5.97. The number of hydrogen-bond donors (Lipinski definition) is 1. The van der Waals surface area contributed by atoms with Crippen molar-refractivity contribution >= 4 is 11.6 Å². The summed E-state index contributed by atoms with van der Waals surface area (Å²) in [6.07, 6.45) is 3.33. The molecular weight excluding hydrogens is 232 g/mol. The van der Waals surface area contributed by atoms with E-state index >= 15 is 0 Å². The van der Waals surface area contributed by atoms with E-state index in [4.69, 9.17) is 10.5 Å². The van der Waals surface area contributed by atoms with Gasteiger partial charge in [0.15, 0.2) is 5.69 Å². The topological polar surface area (TPSA) is 73.4 Å². The smallest absolute Gasteiger partial charge is 0.276 e. The van der Waals surface area contributed by atoms with Crippen LogP contribution in [0.1, 0.15) is 17.4 Å². The number of methoxy groups -OCH3 is 1. The van der Waals surface area contributed by atoms with Crippen LogP contribution < -0.4 is 5.73 Å². The second-order valence-electron chi connectivity index (χ2n) is 3.82. The Balaban J connectivity index is 2.86. The normalized spacial score (nSPS) is 10.3. The molecule has 0 aliphatic rings. The molecule has 1 heterocycles. The van der Waals surface area contributed by atoms with Crippen LogP contribution in [0.4, 0.5) is 5.69 Å². The molecule has 1 aromatic heterocycles. The molecule has 0 aliphatic heterocycles. The molecule has 0 spiro atoms. The number of aromatic nitrogens is 2. The molecule has 1 rings (SSSR count). The number of aryl methyl sites for hydroxylation is 1. The molecule has 0 aromatic carbocycles. The Hall–Kier alpha value is -1.82. The van der Waals surface area contributed by atoms with Crippen molar-refractivity contribution in [2.75, 3.05) is 32.5 Å². The first-order valence-electron chi connectivity index (χ1n) is 5.86. The van der Waals surface area contributed by atoms with Crippen molar-refractivity contribution in [3.63, 3.8) is 0 Å². The van der Waals surface area contributed by atoms with Gasteiger partial charge in [0.25, 0.3) is 5.91 Å². The number of anilines is 1. The minimum absolute atomic E-state index is 0.198. The zero-order chi connectivity index (χ0) is 13.5. The van der Waals surface area contributed by atoms with Crippen molar-refractivity contribution in [2.45, 2.75) is 13.5 Å². The third-order valence-electron chi connectivity index (χ3n) is 2.52. The van der Waals surface area contributed by atoms with Gasteiger partial charge in [0, 0.05) is 32.9 Å². The monoisotopic (exact) mass is 252 g/mol. The van der Waals surface area contributed by atoms with Crippen molar-refractivity contribution in [1.82, 2.24) is 14.7 Å². The molecule has 2 N–H and O–H groups in total. The van der Waals surface area contributed by atoms with Crippen LogP contribution in [0.5, 0.6) is 0 Å². The maximum absolute atomic E-state index is 12.3. The SMILES string of the molecule is C=CCN(CCOC)C(=O)c1nn(CC)cc1N. The Morgan fingerprint density at radius 3 is 2.94 bits per heavy atom. The van der Waals surface area contributed by atoms with Crippen LogP contribution in [0, 0.1) is 0 Å². The van der Waals surface area contributed by atoms with E-state index in [1.165, 1.54) is 0 Å². The molecule has 100 valence electrons. The molecule has 6 nitrogen and oxygen atoms in total. The fraction of sp³-hybridized carbons (Fsp3) is 0.500. The van der Waals surface area contributed by atoms with E-state index in [0.717, 1.165) is 0 Å². The summed E-state index contributed by atoms with van der Waals surface area (Å²) in [6.45, 7) is 7.65. The van der Waals surface area contributed by atoms with Crippen LogP contribution >= 0.6 is 0 Å². The predicted octanol–water partition coefficient (Wildman–Crippen LogP) is 0.760. The molecule has 0 unspecified atom stereocenters. The lowest BCUT2D eigenvalue weighted by Gasteiger charge is -2.19. The van der Waals surface area contributed by atoms with Gasteiger partial charge in [-0.15, -0.1) is 6.58 Å². The lowest BCUT2D eigenvalue weighted by Crippen LogP contribution is -2.34. The maximum atomic E-state index is 12.3. The molecule has 0 bridgehead atoms. The highest BCUT2D eigenvalue weighted by Gasteiger charge is 2.20. The Kier molecular flexibility index (Phi) is 5.38. The number of hydrogen-bond acceptors (Lipinski definition) is 4. The number of carbonyl (C=O) groups excluding carboxylic acids is 1. The number of carbonyl (C=O) groups is 1. The summed E-state index contributed by atoms with van der Waals surface area (Å²) in [4.78, 5) is 13.9. The van der Waals surface area contributed by atoms with E-state index in [2.05, 4.69) is 11.7 Å². The lowest BCUT2D eigenvalue weighted by molar-refractivity contribution is 0.0712. The third-order valence-corrected chi connectivity index (χ3v) is 2.52. The van der Waals surface area contributed by atoms with Crippen LogP contribution in [0.3, 0.4) is 0 Å². The zero-order valence-corrected chi connectivity index (χ0v) is 10.9. The number of nitrogens with zero attached hydrogens (tertiary/aromatic N) is 3. The first-order chi connectivity index (χ1) is 8.63. The Bertz CT molecular complexity index is 414. The fourth-order valence-corrected chi connectivity index (χ4v) is 1.55. The second-order valence-corrected chi connectivity index (χ2v) is 3.82. The van der Waals surface area contributed by atoms with Crippen LogP contribution in [0.25, 0.3) is 0 Å². The van der Waals surface area contributed by atoms with E-state index in [9.17, 15) is 4.79 Å². The van der Waals surface area contributed by atoms with Crippen LogP contribution in [0.15, 0.2) is 18.9 Å². The molecule has 0 saturated heterocycles. The lowest BCUT2D eigenvalue weighted by atomic mass is 10.3. The van der Waals surface area contributed by atoms with Crippen molar-refractivity contribution in [2.24, 2.45) is 0 Å². The summed E-state index contributed by atoms with van der Waals surface area (Å²) in [7, 11) is 1.59. The first-order valence-corrected chi connectivity index (χ1v) is 5.86. The van der Waals surface area contributed by atoms with Crippen molar-refractivity contribution in [3.8, 4) is 0 Å². The van der Waals surface area contributed by atoms with Crippen molar-refractivity contribution in [1.29, 1.82) is 0 Å². The van der Waals surface area contributed by atoms with Gasteiger partial charge >= 0.3 is 0 Å². The molecule has 1 aromatic rings. The Morgan fingerprint density at radius 2 is 2.44 bits per heavy atom. The largest absolute Gasteiger partial charge is 0.396 e. The highest BCUT2D eigenvalue weighted by atomic mass is 16.5. The van der Waals surface area contributed by atoms with Gasteiger partial charge < -0.3 is 15.4 Å². The summed E-state index contributed by atoms with van der Waals surface area (Å²) in [5, 5.41) is 4.16. The summed E-state index contributed by atoms with van der Waals surface area (Å²) < 4.78 is 6.62. The molecule has 1 amide bonds. The molecule has 0 radical (unpaired) electrons. The van der Waals surface area contributed by atoms with Gasteiger partial charge in [0.1, 0.15) is 0 Å². The summed E-state index contributed by atoms with van der Waals surface area (Å²) in [5.41, 5.74) is 6.48. The van der Waals surface area contributed by atoms with Gasteiger partial charge in [-0.2, -0.15) is 5.10 Å². The highest BCUT2D eigenvalue weighted by Crippen LogP contribution is 2.12. The Morgan fingerprint density at radius 1 is 1.72 bits per heavy atom. The molecule has 0 aliphatic carbocycles. The van der Waals surface area contributed by atoms with Crippen molar-refractivity contribution < 1.29 is 9.53 Å². The van der Waals surface area contributed by atoms with Crippen LogP contribution in [-0.2, 0) is 11.3 Å². The van der Waals surface area contributed by atoms with Gasteiger partial charge in [-0.3, -0.25) is 9.48 Å². The molecule has 0 saturated carbocycles. The quantitative estimate of drug-likeness (QED) is 0.727. The average Bonchev–Trinajstić information content (AvgIpc) is 2.75. The molecule has 18 heavy (non-hydrogen) atoms. The maximum Gasteiger partial charge on any atom is 0.276 e. The number of rotatable bonds is 7. The Labute approximate surface area is 107 Å². The third kappa shape index (κ3) is 3.33. The van der Waals surface area contributed by atoms with Gasteiger partial charge in [-0.25, -0.2) is 0 Å². The van der Waals surface area contributed by atoms with Gasteiger partial charge in [0.05, 0.1) is 12.3 Å². The van der Waals surface area contributed by atoms with Crippen LogP contribution in [-0.4, -0.2) is 47.4 Å². The molecule has 6 heteroatoms. The minimum atomic E-state index is -0.198. The molecule has 0 atom stereocenters. The summed E-state index contributed by atoms with van der Waals surface area (Å²) in [6, 6.07) is 0. The predicted molar refractivity (Wildman–Crippen MR) is 70.3 cm³/mol. The average molecular weight is 252 g/mol. The summed E-state index contributed by atoms with van der Waals surface area (Å²) in [5.74, 6) is -0.198. The van der Waals surface area contributed by atoms with E-state index in [-0.39, 0.29) is 11.6 Å². The van der Waals surface area contributed by atoms with Gasteiger partial charge in [-0.1, -0.05) is 6.08 Å². The first kappa shape index (κ1) is 14.2. The van der Waals surface area contributed by atoms with Gasteiger partial charge in [0.2, 0.25) is 0 Å². The second kappa shape index (κ2) is 6.80. The molecule has 0 fully saturated rings. The van der Waals surface area contributed by atoms with E-state index in [1.807, 2.05) is 6.92 Å².